The molecule has 0 bridgehead atoms. The average Bonchev–Trinajstić information content (AvgIpc) is 3.13. The summed E-state index contributed by atoms with van der Waals surface area (Å²) < 4.78 is 13.4. The highest BCUT2D eigenvalue weighted by Gasteiger charge is 2.25. The molecule has 0 spiro atoms. The third-order valence-electron chi connectivity index (χ3n) is 4.61. The summed E-state index contributed by atoms with van der Waals surface area (Å²) >= 11 is 0. The zero-order chi connectivity index (χ0) is 18.8. The molecule has 2 aromatic carbocycles. The maximum Gasteiger partial charge on any atom is 0.322 e. The maximum atomic E-state index is 13.4. The number of nitrogens with zero attached hydrogens (tertiary/aromatic N) is 3. The van der Waals surface area contributed by atoms with Gasteiger partial charge in [0.05, 0.1) is 17.8 Å². The van der Waals surface area contributed by atoms with E-state index in [0.29, 0.717) is 25.2 Å². The van der Waals surface area contributed by atoms with E-state index in [2.05, 4.69) is 15.5 Å². The summed E-state index contributed by atoms with van der Waals surface area (Å²) in [5.41, 5.74) is 4.16. The van der Waals surface area contributed by atoms with Gasteiger partial charge in [-0.05, 0) is 18.2 Å². The summed E-state index contributed by atoms with van der Waals surface area (Å²) in [4.78, 5) is 14.3. The number of nitriles is 1. The zero-order valence-corrected chi connectivity index (χ0v) is 14.4. The van der Waals surface area contributed by atoms with Gasteiger partial charge in [-0.3, -0.25) is 5.10 Å². The van der Waals surface area contributed by atoms with Crippen LogP contribution in [0.4, 0.5) is 14.9 Å². The van der Waals surface area contributed by atoms with Gasteiger partial charge in [0.25, 0.3) is 0 Å². The lowest BCUT2D eigenvalue weighted by Crippen LogP contribution is -2.38. The normalized spacial score (nSPS) is 13.0. The van der Waals surface area contributed by atoms with E-state index in [9.17, 15) is 9.18 Å². The summed E-state index contributed by atoms with van der Waals surface area (Å²) in [6.07, 6.45) is 0.676. The van der Waals surface area contributed by atoms with Gasteiger partial charge >= 0.3 is 6.03 Å². The summed E-state index contributed by atoms with van der Waals surface area (Å²) in [7, 11) is 0. The Labute approximate surface area is 155 Å². The molecule has 27 heavy (non-hydrogen) atoms. The van der Waals surface area contributed by atoms with E-state index in [1.807, 2.05) is 30.3 Å². The third kappa shape index (κ3) is 3.25. The molecule has 134 valence electrons. The molecule has 0 radical (unpaired) electrons. The predicted octanol–water partition coefficient (Wildman–Crippen LogP) is 3.68. The molecule has 1 aliphatic heterocycles. The van der Waals surface area contributed by atoms with Crippen LogP contribution in [0.1, 0.15) is 16.8 Å². The van der Waals surface area contributed by atoms with Gasteiger partial charge < -0.3 is 10.2 Å². The molecule has 0 unspecified atom stereocenters. The van der Waals surface area contributed by atoms with Gasteiger partial charge in [0.1, 0.15) is 11.9 Å². The van der Waals surface area contributed by atoms with Crippen LogP contribution >= 0.6 is 0 Å². The standard InChI is InChI=1S/C20H16FN5O/c21-17-7-6-15(10-14(17)11-22)23-20(27)26-9-8-18-16(12-26)19(25-24-18)13-4-2-1-3-5-13/h1-7,10H,8-9,12H2,(H,23,27)(H,24,25). The average molecular weight is 361 g/mol. The van der Waals surface area contributed by atoms with Crippen LogP contribution in [0.25, 0.3) is 11.3 Å². The number of halogens is 1. The Morgan fingerprint density at radius 3 is 2.85 bits per heavy atom. The van der Waals surface area contributed by atoms with Crippen LogP contribution in [0.15, 0.2) is 48.5 Å². The number of hydrogen-bond acceptors (Lipinski definition) is 3. The molecule has 0 atom stereocenters. The van der Waals surface area contributed by atoms with Gasteiger partial charge in [0, 0.05) is 35.5 Å². The number of aromatic nitrogens is 2. The van der Waals surface area contributed by atoms with E-state index < -0.39 is 5.82 Å². The van der Waals surface area contributed by atoms with Crippen molar-refractivity contribution in [1.29, 1.82) is 5.26 Å². The number of rotatable bonds is 2. The van der Waals surface area contributed by atoms with E-state index >= 15 is 0 Å². The predicted molar refractivity (Wildman–Crippen MR) is 98.3 cm³/mol. The van der Waals surface area contributed by atoms with Crippen molar-refractivity contribution < 1.29 is 9.18 Å². The molecule has 2 amide bonds. The highest BCUT2D eigenvalue weighted by atomic mass is 19.1. The molecule has 1 aromatic heterocycles. The maximum absolute atomic E-state index is 13.4. The fourth-order valence-corrected chi connectivity index (χ4v) is 3.19. The van der Waals surface area contributed by atoms with Gasteiger partial charge in [0.15, 0.2) is 0 Å². The molecule has 1 aliphatic rings. The van der Waals surface area contributed by atoms with E-state index in [0.717, 1.165) is 22.5 Å². The lowest BCUT2D eigenvalue weighted by molar-refractivity contribution is 0.206. The second-order valence-corrected chi connectivity index (χ2v) is 6.30. The summed E-state index contributed by atoms with van der Waals surface area (Å²) in [6, 6.07) is 15.2. The minimum atomic E-state index is -0.607. The number of carbonyl (C=O) groups is 1. The number of H-pyrrole nitrogens is 1. The fourth-order valence-electron chi connectivity index (χ4n) is 3.19. The van der Waals surface area contributed by atoms with Crippen molar-refractivity contribution >= 4 is 11.7 Å². The number of carbonyl (C=O) groups excluding carboxylic acids is 1. The quantitative estimate of drug-likeness (QED) is 0.730. The second-order valence-electron chi connectivity index (χ2n) is 6.30. The molecule has 2 N–H and O–H groups in total. The van der Waals surface area contributed by atoms with E-state index in [1.54, 1.807) is 11.0 Å². The van der Waals surface area contributed by atoms with Gasteiger partial charge in [-0.1, -0.05) is 30.3 Å². The Balaban J connectivity index is 1.54. The number of urea groups is 1. The van der Waals surface area contributed by atoms with E-state index in [-0.39, 0.29) is 11.6 Å². The molecule has 3 aromatic rings. The molecule has 7 heteroatoms. The fraction of sp³-hybridized carbons (Fsp3) is 0.150. The Kier molecular flexibility index (Phi) is 4.30. The number of amides is 2. The largest absolute Gasteiger partial charge is 0.322 e. The smallest absolute Gasteiger partial charge is 0.320 e. The summed E-state index contributed by atoms with van der Waals surface area (Å²) in [5, 5.41) is 19.1. The van der Waals surface area contributed by atoms with Crippen LogP contribution in [0, 0.1) is 17.1 Å². The number of aromatic amines is 1. The third-order valence-corrected chi connectivity index (χ3v) is 4.61. The van der Waals surface area contributed by atoms with Crippen molar-refractivity contribution in [2.75, 3.05) is 11.9 Å². The van der Waals surface area contributed by atoms with Crippen LogP contribution in [0.3, 0.4) is 0 Å². The van der Waals surface area contributed by atoms with Crippen molar-refractivity contribution in [2.24, 2.45) is 0 Å². The Morgan fingerprint density at radius 2 is 2.07 bits per heavy atom. The molecule has 4 rings (SSSR count). The number of benzene rings is 2. The monoisotopic (exact) mass is 361 g/mol. The van der Waals surface area contributed by atoms with Crippen molar-refractivity contribution in [1.82, 2.24) is 15.1 Å². The highest BCUT2D eigenvalue weighted by molar-refractivity contribution is 5.89. The lowest BCUT2D eigenvalue weighted by Gasteiger charge is -2.27. The number of nitrogens with one attached hydrogen (secondary N) is 2. The van der Waals surface area contributed by atoms with Gasteiger partial charge in [-0.15, -0.1) is 0 Å². The van der Waals surface area contributed by atoms with Crippen molar-refractivity contribution in [3.05, 3.63) is 71.2 Å². The zero-order valence-electron chi connectivity index (χ0n) is 14.4. The molecular weight excluding hydrogens is 345 g/mol. The SMILES string of the molecule is N#Cc1cc(NC(=O)N2CCc3[nH]nc(-c4ccccc4)c3C2)ccc1F. The van der Waals surface area contributed by atoms with E-state index in [1.165, 1.54) is 18.2 Å². The van der Waals surface area contributed by atoms with E-state index in [4.69, 9.17) is 5.26 Å². The minimum absolute atomic E-state index is 0.102. The van der Waals surface area contributed by atoms with Crippen LogP contribution in [-0.4, -0.2) is 27.7 Å². The van der Waals surface area contributed by atoms with Gasteiger partial charge in [-0.2, -0.15) is 10.4 Å². The molecular formula is C20H16FN5O. The first-order valence-corrected chi connectivity index (χ1v) is 8.53. The Hall–Kier alpha value is -3.66. The van der Waals surface area contributed by atoms with Crippen LogP contribution < -0.4 is 5.32 Å². The summed E-state index contributed by atoms with van der Waals surface area (Å²) in [6.45, 7) is 0.968. The Bertz CT molecular complexity index is 1040. The summed E-state index contributed by atoms with van der Waals surface area (Å²) in [5.74, 6) is -0.607. The molecule has 0 aliphatic carbocycles. The number of fused-ring (bicyclic) bond motifs is 1. The Morgan fingerprint density at radius 1 is 1.26 bits per heavy atom. The van der Waals surface area contributed by atoms with Crippen LogP contribution in [0.5, 0.6) is 0 Å². The first kappa shape index (κ1) is 16.8. The van der Waals surface area contributed by atoms with Crippen LogP contribution in [-0.2, 0) is 13.0 Å². The molecule has 0 fully saturated rings. The van der Waals surface area contributed by atoms with Crippen LogP contribution in [0.2, 0.25) is 0 Å². The first-order chi connectivity index (χ1) is 13.2. The van der Waals surface area contributed by atoms with Crippen molar-refractivity contribution in [2.45, 2.75) is 13.0 Å². The van der Waals surface area contributed by atoms with Crippen molar-refractivity contribution in [3.63, 3.8) is 0 Å². The van der Waals surface area contributed by atoms with Gasteiger partial charge in [-0.25, -0.2) is 9.18 Å². The number of anilines is 1. The van der Waals surface area contributed by atoms with Crippen molar-refractivity contribution in [3.8, 4) is 17.3 Å². The number of hydrogen-bond donors (Lipinski definition) is 2. The topological polar surface area (TPSA) is 84.8 Å². The molecule has 0 saturated carbocycles. The van der Waals surface area contributed by atoms with Gasteiger partial charge in [0.2, 0.25) is 0 Å². The first-order valence-electron chi connectivity index (χ1n) is 8.53. The molecule has 0 saturated heterocycles. The molecule has 6 nitrogen and oxygen atoms in total. The molecule has 2 heterocycles. The second kappa shape index (κ2) is 6.92. The minimum Gasteiger partial charge on any atom is -0.320 e. The highest BCUT2D eigenvalue weighted by Crippen LogP contribution is 2.28. The lowest BCUT2D eigenvalue weighted by atomic mass is 10.0.